The van der Waals surface area contributed by atoms with Gasteiger partial charge >= 0.3 is 0 Å². The Morgan fingerprint density at radius 1 is 0.871 bits per heavy atom. The summed E-state index contributed by atoms with van der Waals surface area (Å²) in [7, 11) is 0. The van der Waals surface area contributed by atoms with Gasteiger partial charge in [0.25, 0.3) is 0 Å². The highest BCUT2D eigenvalue weighted by Gasteiger charge is 2.32. The Morgan fingerprint density at radius 2 is 1.65 bits per heavy atom. The van der Waals surface area contributed by atoms with Crippen LogP contribution in [0.25, 0.3) is 10.9 Å². The van der Waals surface area contributed by atoms with Crippen molar-refractivity contribution in [3.05, 3.63) is 107 Å². The third-order valence-corrected chi connectivity index (χ3v) is 7.30. The quantitative estimate of drug-likeness (QED) is 0.304. The van der Waals surface area contributed by atoms with Gasteiger partial charge in [-0.2, -0.15) is 0 Å². The van der Waals surface area contributed by atoms with Crippen LogP contribution in [0.4, 0.5) is 0 Å². The lowest BCUT2D eigenvalue weighted by Crippen LogP contribution is -2.15. The van der Waals surface area contributed by atoms with E-state index in [4.69, 9.17) is 0 Å². The molecule has 31 heavy (non-hydrogen) atoms. The Kier molecular flexibility index (Phi) is 5.68. The molecule has 1 saturated carbocycles. The molecule has 5 rings (SSSR count). The number of nitrogens with one attached hydrogen (secondary N) is 1. The molecule has 3 aromatic carbocycles. The number of hydrogen-bond acceptors (Lipinski definition) is 0. The molecular formula is C30H33N. The fourth-order valence-corrected chi connectivity index (χ4v) is 5.23. The van der Waals surface area contributed by atoms with Crippen LogP contribution in [0.2, 0.25) is 0 Å². The molecule has 1 heteroatoms. The summed E-state index contributed by atoms with van der Waals surface area (Å²) in [6, 6.07) is 26.9. The molecule has 1 N–H and O–H groups in total. The van der Waals surface area contributed by atoms with Crippen LogP contribution in [0.15, 0.2) is 79.0 Å². The van der Waals surface area contributed by atoms with Crippen molar-refractivity contribution in [3.63, 3.8) is 0 Å². The summed E-state index contributed by atoms with van der Waals surface area (Å²) < 4.78 is 0. The first-order valence-corrected chi connectivity index (χ1v) is 11.9. The minimum absolute atomic E-state index is 0.575. The van der Waals surface area contributed by atoms with Crippen molar-refractivity contribution in [1.82, 2.24) is 4.98 Å². The second kappa shape index (κ2) is 8.75. The van der Waals surface area contributed by atoms with Crippen LogP contribution >= 0.6 is 0 Å². The predicted molar refractivity (Wildman–Crippen MR) is 132 cm³/mol. The Balaban J connectivity index is 1.55. The molecule has 1 heterocycles. The van der Waals surface area contributed by atoms with Gasteiger partial charge in [0.05, 0.1) is 0 Å². The number of hydrogen-bond donors (Lipinski definition) is 1. The van der Waals surface area contributed by atoms with E-state index in [0.717, 1.165) is 18.8 Å². The smallest absolute Gasteiger partial charge is 0.0456 e. The molecule has 1 fully saturated rings. The molecule has 1 aliphatic rings. The SMILES string of the molecule is CCC(C)C(Cc1ccccc1)c1cccc(Cc2c[nH]c3ccccc23)c1C1CC1. The van der Waals surface area contributed by atoms with Gasteiger partial charge in [-0.15, -0.1) is 0 Å². The minimum atomic E-state index is 0.575. The van der Waals surface area contributed by atoms with Crippen LogP contribution in [0.1, 0.15) is 72.8 Å². The maximum atomic E-state index is 3.47. The molecule has 0 radical (unpaired) electrons. The van der Waals surface area contributed by atoms with Crippen molar-refractivity contribution in [3.8, 4) is 0 Å². The lowest BCUT2D eigenvalue weighted by molar-refractivity contribution is 0.440. The largest absolute Gasteiger partial charge is 0.361 e. The summed E-state index contributed by atoms with van der Waals surface area (Å²) in [6.45, 7) is 4.78. The van der Waals surface area contributed by atoms with E-state index in [1.54, 1.807) is 11.1 Å². The van der Waals surface area contributed by atoms with Gasteiger partial charge in [-0.1, -0.05) is 87.0 Å². The van der Waals surface area contributed by atoms with Crippen molar-refractivity contribution in [2.24, 2.45) is 5.92 Å². The van der Waals surface area contributed by atoms with Gasteiger partial charge in [-0.25, -0.2) is 0 Å². The van der Waals surface area contributed by atoms with Crippen molar-refractivity contribution in [1.29, 1.82) is 0 Å². The van der Waals surface area contributed by atoms with Crippen LogP contribution in [0.5, 0.6) is 0 Å². The second-order valence-corrected chi connectivity index (χ2v) is 9.41. The van der Waals surface area contributed by atoms with Crippen molar-refractivity contribution >= 4 is 10.9 Å². The molecular weight excluding hydrogens is 374 g/mol. The summed E-state index contributed by atoms with van der Waals surface area (Å²) in [5.74, 6) is 1.99. The highest BCUT2D eigenvalue weighted by atomic mass is 14.7. The first kappa shape index (κ1) is 20.1. The summed E-state index contributed by atoms with van der Waals surface area (Å²) in [5, 5.41) is 1.36. The highest BCUT2D eigenvalue weighted by Crippen LogP contribution is 2.47. The van der Waals surface area contributed by atoms with E-state index in [9.17, 15) is 0 Å². The van der Waals surface area contributed by atoms with E-state index in [1.165, 1.54) is 46.9 Å². The van der Waals surface area contributed by atoms with Crippen molar-refractivity contribution in [2.45, 2.75) is 57.8 Å². The molecule has 0 saturated heterocycles. The zero-order valence-corrected chi connectivity index (χ0v) is 18.8. The highest BCUT2D eigenvalue weighted by molar-refractivity contribution is 5.83. The molecule has 0 amide bonds. The van der Waals surface area contributed by atoms with Gasteiger partial charge in [0.2, 0.25) is 0 Å². The van der Waals surface area contributed by atoms with E-state index in [2.05, 4.69) is 97.8 Å². The van der Waals surface area contributed by atoms with Gasteiger partial charge in [0.15, 0.2) is 0 Å². The number of aromatic nitrogens is 1. The van der Waals surface area contributed by atoms with E-state index in [0.29, 0.717) is 11.8 Å². The molecule has 4 aromatic rings. The van der Waals surface area contributed by atoms with Crippen LogP contribution in [-0.4, -0.2) is 4.98 Å². The average Bonchev–Trinajstić information content (AvgIpc) is 3.58. The van der Waals surface area contributed by atoms with Gasteiger partial charge in [0, 0.05) is 17.1 Å². The first-order chi connectivity index (χ1) is 15.2. The van der Waals surface area contributed by atoms with Gasteiger partial charge < -0.3 is 4.98 Å². The molecule has 0 aliphatic heterocycles. The van der Waals surface area contributed by atoms with Crippen LogP contribution < -0.4 is 0 Å². The van der Waals surface area contributed by atoms with Crippen LogP contribution in [0, 0.1) is 5.92 Å². The number of rotatable bonds is 8. The Bertz CT molecular complexity index is 1150. The molecule has 158 valence electrons. The summed E-state index contributed by atoms with van der Waals surface area (Å²) in [6.07, 6.45) is 8.26. The van der Waals surface area contributed by atoms with Crippen molar-refractivity contribution in [2.75, 3.05) is 0 Å². The Labute approximate surface area is 186 Å². The molecule has 2 atom stereocenters. The topological polar surface area (TPSA) is 15.8 Å². The maximum absolute atomic E-state index is 3.47. The maximum Gasteiger partial charge on any atom is 0.0456 e. The molecule has 1 aliphatic carbocycles. The summed E-state index contributed by atoms with van der Waals surface area (Å²) >= 11 is 0. The number of para-hydroxylation sites is 1. The predicted octanol–water partition coefficient (Wildman–Crippen LogP) is 8.01. The Hall–Kier alpha value is -2.80. The number of benzene rings is 3. The van der Waals surface area contributed by atoms with E-state index < -0.39 is 0 Å². The molecule has 0 bridgehead atoms. The molecule has 2 unspecified atom stereocenters. The number of fused-ring (bicyclic) bond motifs is 1. The Morgan fingerprint density at radius 3 is 2.42 bits per heavy atom. The van der Waals surface area contributed by atoms with E-state index >= 15 is 0 Å². The van der Waals surface area contributed by atoms with E-state index in [-0.39, 0.29) is 0 Å². The minimum Gasteiger partial charge on any atom is -0.361 e. The zero-order chi connectivity index (χ0) is 21.2. The average molecular weight is 408 g/mol. The molecule has 0 spiro atoms. The lowest BCUT2D eigenvalue weighted by Gasteiger charge is -2.28. The number of aromatic amines is 1. The van der Waals surface area contributed by atoms with Crippen LogP contribution in [-0.2, 0) is 12.8 Å². The second-order valence-electron chi connectivity index (χ2n) is 9.41. The van der Waals surface area contributed by atoms with Gasteiger partial charge in [0.1, 0.15) is 0 Å². The van der Waals surface area contributed by atoms with Crippen LogP contribution in [0.3, 0.4) is 0 Å². The standard InChI is InChI=1S/C30H33N/c1-3-21(2)28(18-22-10-5-4-6-11-22)27-14-9-12-24(30(27)23-16-17-23)19-25-20-31-29-15-8-7-13-26(25)29/h4-15,20-21,23,28,31H,3,16-19H2,1-2H3. The summed E-state index contributed by atoms with van der Waals surface area (Å²) in [4.78, 5) is 3.47. The van der Waals surface area contributed by atoms with E-state index in [1.807, 2.05) is 0 Å². The van der Waals surface area contributed by atoms with Gasteiger partial charge in [-0.05, 0) is 77.3 Å². The molecule has 1 aromatic heterocycles. The normalized spacial score (nSPS) is 15.8. The fraction of sp³-hybridized carbons (Fsp3) is 0.333. The lowest BCUT2D eigenvalue weighted by atomic mass is 9.77. The van der Waals surface area contributed by atoms with Crippen molar-refractivity contribution < 1.29 is 0 Å². The zero-order valence-electron chi connectivity index (χ0n) is 18.8. The summed E-state index contributed by atoms with van der Waals surface area (Å²) in [5.41, 5.74) is 8.91. The van der Waals surface area contributed by atoms with Gasteiger partial charge in [-0.3, -0.25) is 0 Å². The molecule has 1 nitrogen and oxygen atoms in total. The fourth-order valence-electron chi connectivity index (χ4n) is 5.23. The first-order valence-electron chi connectivity index (χ1n) is 11.9. The monoisotopic (exact) mass is 407 g/mol. The third kappa shape index (κ3) is 4.19. The third-order valence-electron chi connectivity index (χ3n) is 7.30. The number of H-pyrrole nitrogens is 1.